The monoisotopic (exact) mass is 439 g/mol. The molecule has 4 rings (SSSR count). The summed E-state index contributed by atoms with van der Waals surface area (Å²) in [5.74, 6) is 0.256. The Hall–Kier alpha value is -2.80. The molecule has 31 heavy (non-hydrogen) atoms. The molecule has 0 atom stereocenters. The van der Waals surface area contributed by atoms with Crippen molar-refractivity contribution in [3.8, 4) is 11.4 Å². The minimum absolute atomic E-state index is 0.223. The highest BCUT2D eigenvalue weighted by atomic mass is 35.5. The molecule has 1 fully saturated rings. The fourth-order valence-electron chi connectivity index (χ4n) is 3.74. The fraction of sp³-hybridized carbons (Fsp3) is 0.292. The molecule has 0 spiro atoms. The van der Waals surface area contributed by atoms with Crippen LogP contribution in [0.1, 0.15) is 21.5 Å². The minimum Gasteiger partial charge on any atom is -0.496 e. The Morgan fingerprint density at radius 3 is 2.52 bits per heavy atom. The van der Waals surface area contributed by atoms with Gasteiger partial charge in [-0.2, -0.15) is 0 Å². The number of nitrogens with one attached hydrogen (secondary N) is 1. The third-order valence-corrected chi connectivity index (χ3v) is 5.75. The molecule has 1 amide bonds. The van der Waals surface area contributed by atoms with Gasteiger partial charge < -0.3 is 19.4 Å². The number of aromatic nitrogens is 1. The Kier molecular flexibility index (Phi) is 6.92. The van der Waals surface area contributed by atoms with Gasteiger partial charge in [-0.15, -0.1) is 0 Å². The number of hydrogen-bond donors (Lipinski definition) is 1. The summed E-state index contributed by atoms with van der Waals surface area (Å²) >= 11 is 6.47. The number of rotatable bonds is 7. The second kappa shape index (κ2) is 10.0. The van der Waals surface area contributed by atoms with E-state index in [1.54, 1.807) is 19.2 Å². The molecule has 6 nitrogen and oxygen atoms in total. The van der Waals surface area contributed by atoms with E-state index in [1.165, 1.54) is 5.56 Å². The van der Waals surface area contributed by atoms with Crippen LogP contribution in [0.2, 0.25) is 5.02 Å². The van der Waals surface area contributed by atoms with Crippen molar-refractivity contribution in [2.75, 3.05) is 33.4 Å². The molecule has 1 aliphatic heterocycles. The molecule has 7 heteroatoms. The summed E-state index contributed by atoms with van der Waals surface area (Å²) in [7, 11) is 1.55. The fourth-order valence-corrected chi connectivity index (χ4v) is 4.00. The number of amides is 1. The molecule has 1 aliphatic rings. The Bertz CT molecular complexity index is 1030. The number of morpholine rings is 1. The Balaban J connectivity index is 1.48. The third-order valence-electron chi connectivity index (χ3n) is 5.45. The maximum absolute atomic E-state index is 13.0. The predicted molar refractivity (Wildman–Crippen MR) is 121 cm³/mol. The number of benzene rings is 2. The van der Waals surface area contributed by atoms with Crippen LogP contribution >= 0.6 is 11.6 Å². The third kappa shape index (κ3) is 5.10. The van der Waals surface area contributed by atoms with Gasteiger partial charge >= 0.3 is 0 Å². The van der Waals surface area contributed by atoms with Crippen LogP contribution in [-0.4, -0.2) is 48.8 Å². The van der Waals surface area contributed by atoms with Gasteiger partial charge in [0.25, 0.3) is 5.91 Å². The molecule has 1 aromatic heterocycles. The number of ether oxygens (including phenoxy) is 2. The Morgan fingerprint density at radius 2 is 1.81 bits per heavy atom. The molecule has 0 bridgehead atoms. The zero-order valence-corrected chi connectivity index (χ0v) is 18.3. The molecule has 0 aliphatic carbocycles. The molecule has 0 radical (unpaired) electrons. The summed E-state index contributed by atoms with van der Waals surface area (Å²) in [6, 6.07) is 15.5. The average molecular weight is 440 g/mol. The van der Waals surface area contributed by atoms with Crippen LogP contribution in [0.5, 0.6) is 5.75 Å². The van der Waals surface area contributed by atoms with Gasteiger partial charge in [0, 0.05) is 44.6 Å². The molecule has 0 saturated carbocycles. The lowest BCUT2D eigenvalue weighted by atomic mass is 10.1. The predicted octanol–water partition coefficient (Wildman–Crippen LogP) is 3.90. The lowest BCUT2D eigenvalue weighted by Crippen LogP contribution is -2.36. The van der Waals surface area contributed by atoms with Crippen molar-refractivity contribution in [3.05, 3.63) is 82.6 Å². The van der Waals surface area contributed by atoms with E-state index in [0.717, 1.165) is 44.1 Å². The zero-order valence-electron chi connectivity index (χ0n) is 17.5. The topological polar surface area (TPSA) is 55.7 Å². The molecule has 162 valence electrons. The van der Waals surface area contributed by atoms with Gasteiger partial charge in [-0.25, -0.2) is 0 Å². The van der Waals surface area contributed by atoms with Crippen molar-refractivity contribution in [3.63, 3.8) is 0 Å². The largest absolute Gasteiger partial charge is 0.496 e. The summed E-state index contributed by atoms with van der Waals surface area (Å²) < 4.78 is 12.8. The van der Waals surface area contributed by atoms with E-state index >= 15 is 0 Å². The first-order valence-corrected chi connectivity index (χ1v) is 10.7. The Labute approximate surface area is 187 Å². The van der Waals surface area contributed by atoms with Crippen molar-refractivity contribution in [1.29, 1.82) is 0 Å². The van der Waals surface area contributed by atoms with Gasteiger partial charge in [0.1, 0.15) is 5.75 Å². The van der Waals surface area contributed by atoms with E-state index in [1.807, 2.05) is 41.2 Å². The van der Waals surface area contributed by atoms with Crippen molar-refractivity contribution in [1.82, 2.24) is 14.8 Å². The quantitative estimate of drug-likeness (QED) is 0.606. The van der Waals surface area contributed by atoms with Crippen molar-refractivity contribution in [2.24, 2.45) is 0 Å². The van der Waals surface area contributed by atoms with Crippen LogP contribution in [0.3, 0.4) is 0 Å². The van der Waals surface area contributed by atoms with Gasteiger partial charge in [-0.3, -0.25) is 9.69 Å². The highest BCUT2D eigenvalue weighted by Crippen LogP contribution is 2.30. The van der Waals surface area contributed by atoms with Crippen molar-refractivity contribution in [2.45, 2.75) is 13.1 Å². The number of halogens is 1. The van der Waals surface area contributed by atoms with Gasteiger partial charge in [-0.05, 0) is 29.3 Å². The Morgan fingerprint density at radius 1 is 1.10 bits per heavy atom. The van der Waals surface area contributed by atoms with E-state index in [0.29, 0.717) is 22.9 Å². The first kappa shape index (κ1) is 21.4. The van der Waals surface area contributed by atoms with Gasteiger partial charge in [0.15, 0.2) is 0 Å². The zero-order chi connectivity index (χ0) is 21.6. The summed E-state index contributed by atoms with van der Waals surface area (Å²) in [4.78, 5) is 15.3. The SMILES string of the molecule is COc1cc(-n2cccc2)c(Cl)cc1C(=O)NCc1ccccc1CN1CCOCC1. The maximum atomic E-state index is 13.0. The summed E-state index contributed by atoms with van der Waals surface area (Å²) in [5.41, 5.74) is 3.47. The molecule has 1 N–H and O–H groups in total. The van der Waals surface area contributed by atoms with Crippen molar-refractivity contribution >= 4 is 17.5 Å². The van der Waals surface area contributed by atoms with Gasteiger partial charge in [-0.1, -0.05) is 35.9 Å². The smallest absolute Gasteiger partial charge is 0.255 e. The first-order valence-electron chi connectivity index (χ1n) is 10.3. The number of nitrogens with zero attached hydrogens (tertiary/aromatic N) is 2. The van der Waals surface area contributed by atoms with E-state index in [-0.39, 0.29) is 5.91 Å². The molecular formula is C24H26ClN3O3. The van der Waals surface area contributed by atoms with Crippen LogP contribution in [-0.2, 0) is 17.8 Å². The van der Waals surface area contributed by atoms with E-state index in [2.05, 4.69) is 22.3 Å². The maximum Gasteiger partial charge on any atom is 0.255 e. The highest BCUT2D eigenvalue weighted by Gasteiger charge is 2.18. The number of carbonyl (C=O) groups is 1. The molecule has 2 aromatic carbocycles. The van der Waals surface area contributed by atoms with Crippen LogP contribution < -0.4 is 10.1 Å². The van der Waals surface area contributed by atoms with Gasteiger partial charge in [0.2, 0.25) is 0 Å². The number of methoxy groups -OCH3 is 1. The molecule has 2 heterocycles. The summed E-state index contributed by atoms with van der Waals surface area (Å²) in [5, 5.41) is 3.50. The van der Waals surface area contributed by atoms with Crippen LogP contribution in [0, 0.1) is 0 Å². The van der Waals surface area contributed by atoms with Crippen LogP contribution in [0.15, 0.2) is 60.9 Å². The summed E-state index contributed by atoms with van der Waals surface area (Å²) in [6.07, 6.45) is 3.79. The molecule has 3 aromatic rings. The number of carbonyl (C=O) groups excluding carboxylic acids is 1. The lowest BCUT2D eigenvalue weighted by molar-refractivity contribution is 0.0340. The summed E-state index contributed by atoms with van der Waals surface area (Å²) in [6.45, 7) is 4.64. The van der Waals surface area contributed by atoms with Crippen molar-refractivity contribution < 1.29 is 14.3 Å². The van der Waals surface area contributed by atoms with Crippen LogP contribution in [0.4, 0.5) is 0 Å². The average Bonchev–Trinajstić information content (AvgIpc) is 3.33. The van der Waals surface area contributed by atoms with E-state index in [9.17, 15) is 4.79 Å². The van der Waals surface area contributed by atoms with Gasteiger partial charge in [0.05, 0.1) is 36.6 Å². The minimum atomic E-state index is -0.223. The molecular weight excluding hydrogens is 414 g/mol. The molecule has 0 unspecified atom stereocenters. The van der Waals surface area contributed by atoms with Crippen LogP contribution in [0.25, 0.3) is 5.69 Å². The van der Waals surface area contributed by atoms with E-state index < -0.39 is 0 Å². The second-order valence-corrected chi connectivity index (χ2v) is 7.84. The number of hydrogen-bond acceptors (Lipinski definition) is 4. The second-order valence-electron chi connectivity index (χ2n) is 7.43. The highest BCUT2D eigenvalue weighted by molar-refractivity contribution is 6.33. The van der Waals surface area contributed by atoms with E-state index in [4.69, 9.17) is 21.1 Å². The lowest BCUT2D eigenvalue weighted by Gasteiger charge is -2.27. The first-order chi connectivity index (χ1) is 15.2. The normalized spacial score (nSPS) is 14.4. The standard InChI is InChI=1S/C24H26ClN3O3/c1-30-23-15-22(28-8-4-5-9-28)21(25)14-20(23)24(29)26-16-18-6-2-3-7-19(18)17-27-10-12-31-13-11-27/h2-9,14-15H,10-13,16-17H2,1H3,(H,26,29). The molecule has 1 saturated heterocycles.